The molecule has 3 heteroatoms. The first kappa shape index (κ1) is 9.99. The van der Waals surface area contributed by atoms with Crippen LogP contribution in [0.2, 0.25) is 5.02 Å². The summed E-state index contributed by atoms with van der Waals surface area (Å²) in [6, 6.07) is 11.3. The van der Waals surface area contributed by atoms with Crippen molar-refractivity contribution in [2.24, 2.45) is 0 Å². The molecule has 76 valence electrons. The van der Waals surface area contributed by atoms with Crippen LogP contribution in [0.5, 0.6) is 5.75 Å². The molecule has 2 nitrogen and oxygen atoms in total. The molecule has 0 atom stereocenters. The molecule has 1 aromatic heterocycles. The number of nitrogens with zero attached hydrogens (tertiary/aromatic N) is 1. The van der Waals surface area contributed by atoms with Crippen LogP contribution in [0, 0.1) is 0 Å². The van der Waals surface area contributed by atoms with Gasteiger partial charge in [-0.15, -0.1) is 0 Å². The number of hydrogen-bond donors (Lipinski definition) is 0. The Hall–Kier alpha value is -1.54. The number of aromatic nitrogens is 1. The van der Waals surface area contributed by atoms with Crippen molar-refractivity contribution < 1.29 is 4.74 Å². The molecule has 0 N–H and O–H groups in total. The van der Waals surface area contributed by atoms with Crippen molar-refractivity contribution in [1.29, 1.82) is 0 Å². The van der Waals surface area contributed by atoms with Gasteiger partial charge in [0.2, 0.25) is 0 Å². The largest absolute Gasteiger partial charge is 0.494 e. The second-order valence-electron chi connectivity index (χ2n) is 3.06. The van der Waals surface area contributed by atoms with Gasteiger partial charge in [0.25, 0.3) is 0 Å². The molecular formula is C12H10ClNO. The summed E-state index contributed by atoms with van der Waals surface area (Å²) in [5.74, 6) is 0.750. The Kier molecular flexibility index (Phi) is 2.88. The average molecular weight is 220 g/mol. The number of benzene rings is 1. The quantitative estimate of drug-likeness (QED) is 0.772. The maximum Gasteiger partial charge on any atom is 0.145 e. The second-order valence-corrected chi connectivity index (χ2v) is 3.50. The number of hydrogen-bond acceptors (Lipinski definition) is 2. The number of pyridine rings is 1. The maximum atomic E-state index is 5.92. The van der Waals surface area contributed by atoms with Gasteiger partial charge < -0.3 is 4.74 Å². The summed E-state index contributed by atoms with van der Waals surface area (Å²) < 4.78 is 5.23. The van der Waals surface area contributed by atoms with Crippen LogP contribution in [0.15, 0.2) is 42.6 Å². The first-order valence-corrected chi connectivity index (χ1v) is 4.94. The Morgan fingerprint density at radius 1 is 1.20 bits per heavy atom. The number of methoxy groups -OCH3 is 1. The predicted molar refractivity (Wildman–Crippen MR) is 61.2 cm³/mol. The molecule has 0 radical (unpaired) electrons. The summed E-state index contributed by atoms with van der Waals surface area (Å²) in [5.41, 5.74) is 1.77. The van der Waals surface area contributed by atoms with E-state index in [-0.39, 0.29) is 0 Å². The molecule has 1 aromatic carbocycles. The molecule has 2 aromatic rings. The van der Waals surface area contributed by atoms with Crippen LogP contribution < -0.4 is 4.74 Å². The van der Waals surface area contributed by atoms with Crippen LogP contribution in [0.4, 0.5) is 0 Å². The predicted octanol–water partition coefficient (Wildman–Crippen LogP) is 3.41. The van der Waals surface area contributed by atoms with Gasteiger partial charge in [-0.25, -0.2) is 0 Å². The van der Waals surface area contributed by atoms with Crippen molar-refractivity contribution in [2.45, 2.75) is 0 Å². The van der Waals surface area contributed by atoms with Crippen molar-refractivity contribution in [3.8, 4) is 17.0 Å². The van der Waals surface area contributed by atoms with Crippen LogP contribution in [-0.2, 0) is 0 Å². The molecule has 0 saturated carbocycles. The summed E-state index contributed by atoms with van der Waals surface area (Å²) in [4.78, 5) is 4.28. The Bertz CT molecular complexity index is 471. The monoisotopic (exact) mass is 219 g/mol. The molecule has 0 aliphatic rings. The molecule has 0 aliphatic heterocycles. The van der Waals surface area contributed by atoms with E-state index in [9.17, 15) is 0 Å². The van der Waals surface area contributed by atoms with E-state index in [0.717, 1.165) is 17.0 Å². The Morgan fingerprint density at radius 3 is 2.80 bits per heavy atom. The summed E-state index contributed by atoms with van der Waals surface area (Å²) in [6.07, 6.45) is 1.73. The lowest BCUT2D eigenvalue weighted by Gasteiger charge is -2.06. The zero-order valence-electron chi connectivity index (χ0n) is 8.27. The van der Waals surface area contributed by atoms with Crippen LogP contribution in [0.3, 0.4) is 0 Å². The number of rotatable bonds is 2. The second kappa shape index (κ2) is 4.32. The zero-order chi connectivity index (χ0) is 10.7. The normalized spacial score (nSPS) is 10.0. The topological polar surface area (TPSA) is 22.1 Å². The highest BCUT2D eigenvalue weighted by molar-refractivity contribution is 6.30. The Balaban J connectivity index is 2.53. The van der Waals surface area contributed by atoms with E-state index in [0.29, 0.717) is 5.02 Å². The van der Waals surface area contributed by atoms with Crippen LogP contribution >= 0.6 is 11.6 Å². The fourth-order valence-electron chi connectivity index (χ4n) is 1.41. The van der Waals surface area contributed by atoms with E-state index in [1.165, 1.54) is 0 Å². The van der Waals surface area contributed by atoms with E-state index >= 15 is 0 Å². The summed E-state index contributed by atoms with van der Waals surface area (Å²) >= 11 is 5.92. The Morgan fingerprint density at radius 2 is 2.07 bits per heavy atom. The molecule has 0 fully saturated rings. The standard InChI is InChI=1S/C12H10ClNO/c1-15-11-6-3-7-14-12(11)9-4-2-5-10(13)8-9/h2-8H,1H3. The van der Waals surface area contributed by atoms with Crippen molar-refractivity contribution in [1.82, 2.24) is 4.98 Å². The highest BCUT2D eigenvalue weighted by Crippen LogP contribution is 2.28. The van der Waals surface area contributed by atoms with Gasteiger partial charge in [-0.05, 0) is 24.3 Å². The van der Waals surface area contributed by atoms with Crippen molar-refractivity contribution in [2.75, 3.05) is 7.11 Å². The molecule has 0 unspecified atom stereocenters. The van der Waals surface area contributed by atoms with E-state index in [1.807, 2.05) is 36.4 Å². The minimum absolute atomic E-state index is 0.695. The molecule has 0 bridgehead atoms. The first-order chi connectivity index (χ1) is 7.31. The summed E-state index contributed by atoms with van der Waals surface area (Å²) in [6.45, 7) is 0. The van der Waals surface area contributed by atoms with Crippen LogP contribution in [-0.4, -0.2) is 12.1 Å². The highest BCUT2D eigenvalue weighted by atomic mass is 35.5. The lowest BCUT2D eigenvalue weighted by molar-refractivity contribution is 0.415. The van der Waals surface area contributed by atoms with E-state index < -0.39 is 0 Å². The van der Waals surface area contributed by atoms with Gasteiger partial charge in [-0.1, -0.05) is 23.7 Å². The van der Waals surface area contributed by atoms with Crippen LogP contribution in [0.1, 0.15) is 0 Å². The van der Waals surface area contributed by atoms with E-state index in [1.54, 1.807) is 13.3 Å². The van der Waals surface area contributed by atoms with Gasteiger partial charge in [0.05, 0.1) is 7.11 Å². The Labute approximate surface area is 93.5 Å². The van der Waals surface area contributed by atoms with E-state index in [2.05, 4.69) is 4.98 Å². The maximum absolute atomic E-state index is 5.92. The summed E-state index contributed by atoms with van der Waals surface area (Å²) in [5, 5.41) is 0.695. The van der Waals surface area contributed by atoms with Gasteiger partial charge in [-0.2, -0.15) is 0 Å². The third-order valence-electron chi connectivity index (χ3n) is 2.09. The third kappa shape index (κ3) is 2.10. The number of ether oxygens (including phenoxy) is 1. The molecular weight excluding hydrogens is 210 g/mol. The molecule has 15 heavy (non-hydrogen) atoms. The zero-order valence-corrected chi connectivity index (χ0v) is 9.03. The van der Waals surface area contributed by atoms with Gasteiger partial charge in [0, 0.05) is 16.8 Å². The average Bonchev–Trinajstić information content (AvgIpc) is 2.29. The van der Waals surface area contributed by atoms with Crippen molar-refractivity contribution in [3.05, 3.63) is 47.6 Å². The fourth-order valence-corrected chi connectivity index (χ4v) is 1.60. The van der Waals surface area contributed by atoms with Crippen LogP contribution in [0.25, 0.3) is 11.3 Å². The molecule has 1 heterocycles. The third-order valence-corrected chi connectivity index (χ3v) is 2.32. The van der Waals surface area contributed by atoms with Crippen molar-refractivity contribution >= 4 is 11.6 Å². The molecule has 0 spiro atoms. The van der Waals surface area contributed by atoms with E-state index in [4.69, 9.17) is 16.3 Å². The highest BCUT2D eigenvalue weighted by Gasteiger charge is 2.05. The van der Waals surface area contributed by atoms with Gasteiger partial charge in [-0.3, -0.25) is 4.98 Å². The smallest absolute Gasteiger partial charge is 0.145 e. The van der Waals surface area contributed by atoms with Gasteiger partial charge >= 0.3 is 0 Å². The first-order valence-electron chi connectivity index (χ1n) is 4.56. The van der Waals surface area contributed by atoms with Gasteiger partial charge in [0.1, 0.15) is 11.4 Å². The molecule has 0 aliphatic carbocycles. The minimum Gasteiger partial charge on any atom is -0.494 e. The minimum atomic E-state index is 0.695. The number of halogens is 1. The lowest BCUT2D eigenvalue weighted by atomic mass is 10.1. The van der Waals surface area contributed by atoms with Gasteiger partial charge in [0.15, 0.2) is 0 Å². The molecule has 2 rings (SSSR count). The lowest BCUT2D eigenvalue weighted by Crippen LogP contribution is -1.90. The van der Waals surface area contributed by atoms with Crippen molar-refractivity contribution in [3.63, 3.8) is 0 Å². The summed E-state index contributed by atoms with van der Waals surface area (Å²) in [7, 11) is 1.63. The fraction of sp³-hybridized carbons (Fsp3) is 0.0833. The molecule has 0 saturated heterocycles. The molecule has 0 amide bonds. The SMILES string of the molecule is COc1cccnc1-c1cccc(Cl)c1.